The number of nitrogens with zero attached hydrogens (tertiary/aromatic N) is 2. The number of hydrogen-bond acceptors (Lipinski definition) is 3. The molecular weight excluding hydrogens is 324 g/mol. The van der Waals surface area contributed by atoms with Crippen LogP contribution in [-0.4, -0.2) is 22.2 Å². The van der Waals surface area contributed by atoms with Crippen LogP contribution in [-0.2, 0) is 4.79 Å². The maximum atomic E-state index is 12.4. The third-order valence-corrected chi connectivity index (χ3v) is 4.23. The van der Waals surface area contributed by atoms with Gasteiger partial charge >= 0.3 is 0 Å². The Balaban J connectivity index is 1.71. The van der Waals surface area contributed by atoms with Gasteiger partial charge in [0.25, 0.3) is 0 Å². The zero-order valence-corrected chi connectivity index (χ0v) is 15.6. The van der Waals surface area contributed by atoms with E-state index in [0.29, 0.717) is 0 Å². The van der Waals surface area contributed by atoms with E-state index in [1.54, 1.807) is 0 Å². The van der Waals surface area contributed by atoms with Crippen LogP contribution < -0.4 is 10.6 Å². The molecule has 0 spiro atoms. The summed E-state index contributed by atoms with van der Waals surface area (Å²) in [7, 11) is 0. The molecule has 0 fully saturated rings. The molecule has 0 saturated heterocycles. The topological polar surface area (TPSA) is 59.0 Å². The number of carbonyl (C=O) groups excluding carboxylic acids is 1. The number of anilines is 2. The summed E-state index contributed by atoms with van der Waals surface area (Å²) >= 11 is 0. The van der Waals surface area contributed by atoms with Crippen LogP contribution in [0.4, 0.5) is 11.4 Å². The Morgan fingerprint density at radius 2 is 1.65 bits per heavy atom. The zero-order chi connectivity index (χ0) is 18.7. The van der Waals surface area contributed by atoms with Crippen LogP contribution in [0.1, 0.15) is 22.5 Å². The smallest absolute Gasteiger partial charge is 0.243 e. The molecule has 1 amide bonds. The lowest BCUT2D eigenvalue weighted by Gasteiger charge is -2.10. The van der Waals surface area contributed by atoms with Crippen molar-refractivity contribution in [1.82, 2.24) is 9.78 Å². The van der Waals surface area contributed by atoms with E-state index in [9.17, 15) is 4.79 Å². The second-order valence-corrected chi connectivity index (χ2v) is 6.57. The molecule has 1 heterocycles. The van der Waals surface area contributed by atoms with Gasteiger partial charge < -0.3 is 10.6 Å². The Labute approximate surface area is 154 Å². The molecular formula is C21H24N4O. The van der Waals surface area contributed by atoms with E-state index in [-0.39, 0.29) is 12.5 Å². The van der Waals surface area contributed by atoms with Gasteiger partial charge in [-0.15, -0.1) is 0 Å². The lowest BCUT2D eigenvalue weighted by molar-refractivity contribution is -0.114. The molecule has 0 unspecified atom stereocenters. The minimum Gasteiger partial charge on any atom is -0.376 e. The lowest BCUT2D eigenvalue weighted by Crippen LogP contribution is -2.22. The van der Waals surface area contributed by atoms with Crippen molar-refractivity contribution in [1.29, 1.82) is 0 Å². The fourth-order valence-corrected chi connectivity index (χ4v) is 3.09. The molecule has 1 aromatic heterocycles. The molecule has 26 heavy (non-hydrogen) atoms. The molecule has 2 N–H and O–H groups in total. The highest BCUT2D eigenvalue weighted by Crippen LogP contribution is 2.22. The Morgan fingerprint density at radius 1 is 1.00 bits per heavy atom. The van der Waals surface area contributed by atoms with Gasteiger partial charge in [-0.2, -0.15) is 5.10 Å². The summed E-state index contributed by atoms with van der Waals surface area (Å²) in [4.78, 5) is 12.4. The Kier molecular flexibility index (Phi) is 5.07. The molecule has 0 aliphatic heterocycles. The number of rotatable bonds is 5. The fourth-order valence-electron chi connectivity index (χ4n) is 3.09. The third kappa shape index (κ3) is 3.94. The number of carbonyl (C=O) groups is 1. The number of nitrogens with one attached hydrogen (secondary N) is 2. The van der Waals surface area contributed by atoms with Crippen LogP contribution in [0.25, 0.3) is 5.69 Å². The Morgan fingerprint density at radius 3 is 2.31 bits per heavy atom. The van der Waals surface area contributed by atoms with Crippen LogP contribution in [0.5, 0.6) is 0 Å². The zero-order valence-electron chi connectivity index (χ0n) is 15.6. The van der Waals surface area contributed by atoms with Gasteiger partial charge in [-0.3, -0.25) is 4.79 Å². The van der Waals surface area contributed by atoms with Crippen LogP contribution in [0.2, 0.25) is 0 Å². The van der Waals surface area contributed by atoms with Gasteiger partial charge in [0.05, 0.1) is 29.3 Å². The molecule has 3 rings (SSSR count). The van der Waals surface area contributed by atoms with E-state index in [0.717, 1.165) is 28.5 Å². The number of aromatic nitrogens is 2. The summed E-state index contributed by atoms with van der Waals surface area (Å²) in [6.45, 7) is 8.16. The van der Waals surface area contributed by atoms with Gasteiger partial charge in [-0.05, 0) is 63.1 Å². The summed E-state index contributed by atoms with van der Waals surface area (Å²) in [6.07, 6.45) is 0. The Bertz CT molecular complexity index is 908. The number of hydrogen-bond donors (Lipinski definition) is 2. The summed E-state index contributed by atoms with van der Waals surface area (Å²) in [6, 6.07) is 16.1. The molecule has 0 atom stereocenters. The van der Waals surface area contributed by atoms with Crippen molar-refractivity contribution in [2.45, 2.75) is 27.7 Å². The first-order valence-corrected chi connectivity index (χ1v) is 8.67. The van der Waals surface area contributed by atoms with Crippen molar-refractivity contribution in [2.24, 2.45) is 0 Å². The van der Waals surface area contributed by atoms with Crippen LogP contribution in [0, 0.1) is 27.7 Å². The first-order chi connectivity index (χ1) is 12.4. The molecule has 0 bridgehead atoms. The van der Waals surface area contributed by atoms with Gasteiger partial charge in [0.1, 0.15) is 0 Å². The summed E-state index contributed by atoms with van der Waals surface area (Å²) < 4.78 is 1.85. The molecule has 134 valence electrons. The first-order valence-electron chi connectivity index (χ1n) is 8.67. The van der Waals surface area contributed by atoms with Crippen LogP contribution in [0.15, 0.2) is 48.5 Å². The molecule has 5 heteroatoms. The van der Waals surface area contributed by atoms with Crippen molar-refractivity contribution < 1.29 is 4.79 Å². The van der Waals surface area contributed by atoms with Crippen molar-refractivity contribution >= 4 is 17.3 Å². The van der Waals surface area contributed by atoms with Gasteiger partial charge in [-0.25, -0.2) is 4.68 Å². The monoisotopic (exact) mass is 348 g/mol. The SMILES string of the molecule is Cc1cc(C)cc(NCC(=O)Nc2c(C)nn(-c3ccccc3)c2C)c1. The predicted octanol–water partition coefficient (Wildman–Crippen LogP) is 4.16. The lowest BCUT2D eigenvalue weighted by atomic mass is 10.1. The number of benzene rings is 2. The third-order valence-electron chi connectivity index (χ3n) is 4.23. The summed E-state index contributed by atoms with van der Waals surface area (Å²) in [5.41, 5.74) is 6.74. The van der Waals surface area contributed by atoms with E-state index in [4.69, 9.17) is 0 Å². The van der Waals surface area contributed by atoms with E-state index in [1.165, 1.54) is 11.1 Å². The van der Waals surface area contributed by atoms with Crippen LogP contribution in [0.3, 0.4) is 0 Å². The van der Waals surface area contributed by atoms with Crippen molar-refractivity contribution in [3.05, 3.63) is 71.0 Å². The highest BCUT2D eigenvalue weighted by molar-refractivity contribution is 5.94. The number of aryl methyl sites for hydroxylation is 3. The highest BCUT2D eigenvalue weighted by atomic mass is 16.1. The maximum absolute atomic E-state index is 12.4. The highest BCUT2D eigenvalue weighted by Gasteiger charge is 2.15. The second-order valence-electron chi connectivity index (χ2n) is 6.57. The molecule has 0 radical (unpaired) electrons. The quantitative estimate of drug-likeness (QED) is 0.728. The van der Waals surface area contributed by atoms with E-state index >= 15 is 0 Å². The second kappa shape index (κ2) is 7.44. The fraction of sp³-hybridized carbons (Fsp3) is 0.238. The standard InChI is InChI=1S/C21H24N4O/c1-14-10-15(2)12-18(11-14)22-13-20(26)23-21-16(3)24-25(17(21)4)19-8-6-5-7-9-19/h5-12,22H,13H2,1-4H3,(H,23,26). The summed E-state index contributed by atoms with van der Waals surface area (Å²) in [5.74, 6) is -0.0945. The first kappa shape index (κ1) is 17.7. The predicted molar refractivity (Wildman–Crippen MR) is 106 cm³/mol. The average Bonchev–Trinajstić information content (AvgIpc) is 2.88. The van der Waals surface area contributed by atoms with Crippen molar-refractivity contribution in [3.63, 3.8) is 0 Å². The van der Waals surface area contributed by atoms with E-state index in [1.807, 2.05) is 74.8 Å². The molecule has 0 saturated carbocycles. The van der Waals surface area contributed by atoms with Gasteiger partial charge in [-0.1, -0.05) is 24.3 Å². The molecule has 3 aromatic rings. The molecule has 5 nitrogen and oxygen atoms in total. The van der Waals surface area contributed by atoms with Crippen molar-refractivity contribution in [2.75, 3.05) is 17.2 Å². The number of amides is 1. The van der Waals surface area contributed by atoms with Crippen LogP contribution >= 0.6 is 0 Å². The molecule has 0 aliphatic carbocycles. The maximum Gasteiger partial charge on any atom is 0.243 e. The van der Waals surface area contributed by atoms with Crippen molar-refractivity contribution in [3.8, 4) is 5.69 Å². The van der Waals surface area contributed by atoms with E-state index in [2.05, 4.69) is 21.8 Å². The minimum atomic E-state index is -0.0945. The molecule has 2 aromatic carbocycles. The average molecular weight is 348 g/mol. The minimum absolute atomic E-state index is 0.0945. The van der Waals surface area contributed by atoms with Gasteiger partial charge in [0.2, 0.25) is 5.91 Å². The summed E-state index contributed by atoms with van der Waals surface area (Å²) in [5, 5.41) is 10.7. The van der Waals surface area contributed by atoms with Gasteiger partial charge in [0, 0.05) is 5.69 Å². The van der Waals surface area contributed by atoms with E-state index < -0.39 is 0 Å². The normalized spacial score (nSPS) is 10.6. The molecule has 0 aliphatic rings. The Hall–Kier alpha value is -3.08. The largest absolute Gasteiger partial charge is 0.376 e. The number of para-hydroxylation sites is 1. The van der Waals surface area contributed by atoms with Gasteiger partial charge in [0.15, 0.2) is 0 Å².